The van der Waals surface area contributed by atoms with E-state index in [0.29, 0.717) is 17.1 Å². The lowest BCUT2D eigenvalue weighted by Crippen LogP contribution is -2.27. The van der Waals surface area contributed by atoms with Crippen LogP contribution in [0.1, 0.15) is 28.9 Å². The SMILES string of the molecule is CC(NC(=O)c1ccc2c(c1)OCO2)c1ccc(F)cc1F. The lowest BCUT2D eigenvalue weighted by atomic mass is 10.1. The van der Waals surface area contributed by atoms with Crippen molar-refractivity contribution in [1.82, 2.24) is 5.32 Å². The van der Waals surface area contributed by atoms with Crippen LogP contribution in [-0.2, 0) is 0 Å². The topological polar surface area (TPSA) is 47.6 Å². The van der Waals surface area contributed by atoms with Gasteiger partial charge in [0, 0.05) is 17.2 Å². The van der Waals surface area contributed by atoms with Crippen LogP contribution in [0.4, 0.5) is 8.78 Å². The average molecular weight is 305 g/mol. The summed E-state index contributed by atoms with van der Waals surface area (Å²) >= 11 is 0. The number of hydrogen-bond acceptors (Lipinski definition) is 3. The van der Waals surface area contributed by atoms with E-state index < -0.39 is 17.7 Å². The highest BCUT2D eigenvalue weighted by Crippen LogP contribution is 2.32. The third kappa shape index (κ3) is 2.72. The molecule has 6 heteroatoms. The van der Waals surface area contributed by atoms with E-state index in [2.05, 4.69) is 5.32 Å². The molecular formula is C16H13F2NO3. The largest absolute Gasteiger partial charge is 0.454 e. The molecule has 0 aliphatic carbocycles. The predicted molar refractivity (Wildman–Crippen MR) is 74.8 cm³/mol. The number of carbonyl (C=O) groups is 1. The molecule has 2 aromatic carbocycles. The number of hydrogen-bond donors (Lipinski definition) is 1. The summed E-state index contributed by atoms with van der Waals surface area (Å²) in [5.41, 5.74) is 0.592. The van der Waals surface area contributed by atoms with Gasteiger partial charge in [0.1, 0.15) is 11.6 Å². The second-order valence-corrected chi connectivity index (χ2v) is 4.93. The molecule has 3 rings (SSSR count). The summed E-state index contributed by atoms with van der Waals surface area (Å²) in [5, 5.41) is 2.67. The fourth-order valence-corrected chi connectivity index (χ4v) is 2.25. The number of amides is 1. The molecular weight excluding hydrogens is 292 g/mol. The minimum atomic E-state index is -0.696. The van der Waals surface area contributed by atoms with E-state index in [1.54, 1.807) is 25.1 Å². The van der Waals surface area contributed by atoms with Crippen molar-refractivity contribution >= 4 is 5.91 Å². The van der Waals surface area contributed by atoms with Crippen LogP contribution in [0.3, 0.4) is 0 Å². The first-order chi connectivity index (χ1) is 10.5. The summed E-state index contributed by atoms with van der Waals surface area (Å²) in [5.74, 6) is -0.661. The molecule has 0 radical (unpaired) electrons. The molecule has 114 valence electrons. The van der Waals surface area contributed by atoms with Gasteiger partial charge in [-0.25, -0.2) is 8.78 Å². The first kappa shape index (κ1) is 14.3. The van der Waals surface area contributed by atoms with Crippen LogP contribution in [-0.4, -0.2) is 12.7 Å². The van der Waals surface area contributed by atoms with Crippen molar-refractivity contribution in [2.45, 2.75) is 13.0 Å². The second kappa shape index (κ2) is 5.63. The Morgan fingerprint density at radius 1 is 1.14 bits per heavy atom. The van der Waals surface area contributed by atoms with Crippen molar-refractivity contribution in [3.8, 4) is 11.5 Å². The molecule has 0 saturated heterocycles. The standard InChI is InChI=1S/C16H13F2NO3/c1-9(12-4-3-11(17)7-13(12)18)19-16(20)10-2-5-14-15(6-10)22-8-21-14/h2-7,9H,8H2,1H3,(H,19,20). The predicted octanol–water partition coefficient (Wildman–Crippen LogP) is 3.18. The number of ether oxygens (including phenoxy) is 2. The zero-order chi connectivity index (χ0) is 15.7. The van der Waals surface area contributed by atoms with E-state index in [-0.39, 0.29) is 18.3 Å². The summed E-state index contributed by atoms with van der Waals surface area (Å²) in [7, 11) is 0. The van der Waals surface area contributed by atoms with Gasteiger partial charge in [0.05, 0.1) is 6.04 Å². The van der Waals surface area contributed by atoms with Crippen molar-refractivity contribution in [3.05, 3.63) is 59.2 Å². The maximum absolute atomic E-state index is 13.7. The zero-order valence-electron chi connectivity index (χ0n) is 11.7. The fourth-order valence-electron chi connectivity index (χ4n) is 2.25. The number of rotatable bonds is 3. The van der Waals surface area contributed by atoms with Crippen molar-refractivity contribution < 1.29 is 23.0 Å². The van der Waals surface area contributed by atoms with E-state index in [1.807, 2.05) is 0 Å². The molecule has 0 fully saturated rings. The van der Waals surface area contributed by atoms with Crippen LogP contribution < -0.4 is 14.8 Å². The van der Waals surface area contributed by atoms with Crippen LogP contribution in [0.2, 0.25) is 0 Å². The Bertz CT molecular complexity index is 733. The summed E-state index contributed by atoms with van der Waals surface area (Å²) in [6.45, 7) is 1.75. The fraction of sp³-hybridized carbons (Fsp3) is 0.188. The number of benzene rings is 2. The van der Waals surface area contributed by atoms with Gasteiger partial charge in [-0.1, -0.05) is 6.07 Å². The Morgan fingerprint density at radius 2 is 1.91 bits per heavy atom. The molecule has 1 N–H and O–H groups in total. The van der Waals surface area contributed by atoms with Crippen LogP contribution in [0.25, 0.3) is 0 Å². The molecule has 1 aliphatic heterocycles. The summed E-state index contributed by atoms with van der Waals surface area (Å²) in [4.78, 5) is 12.2. The first-order valence-corrected chi connectivity index (χ1v) is 6.70. The summed E-state index contributed by atoms with van der Waals surface area (Å²) in [6, 6.07) is 7.45. The van der Waals surface area contributed by atoms with Gasteiger partial charge in [-0.3, -0.25) is 4.79 Å². The Hall–Kier alpha value is -2.63. The van der Waals surface area contributed by atoms with E-state index in [9.17, 15) is 13.6 Å². The van der Waals surface area contributed by atoms with Crippen LogP contribution in [0.15, 0.2) is 36.4 Å². The summed E-state index contributed by atoms with van der Waals surface area (Å²) < 4.78 is 37.0. The second-order valence-electron chi connectivity index (χ2n) is 4.93. The van der Waals surface area contributed by atoms with Crippen molar-refractivity contribution in [3.63, 3.8) is 0 Å². The molecule has 0 aromatic heterocycles. The van der Waals surface area contributed by atoms with Gasteiger partial charge in [-0.15, -0.1) is 0 Å². The van der Waals surface area contributed by atoms with Gasteiger partial charge in [0.15, 0.2) is 11.5 Å². The lowest BCUT2D eigenvalue weighted by molar-refractivity contribution is 0.0939. The van der Waals surface area contributed by atoms with Gasteiger partial charge < -0.3 is 14.8 Å². The smallest absolute Gasteiger partial charge is 0.251 e. The Balaban J connectivity index is 1.76. The lowest BCUT2D eigenvalue weighted by Gasteiger charge is -2.15. The quantitative estimate of drug-likeness (QED) is 0.947. The van der Waals surface area contributed by atoms with Crippen molar-refractivity contribution in [2.75, 3.05) is 6.79 Å². The number of fused-ring (bicyclic) bond motifs is 1. The average Bonchev–Trinajstić information content (AvgIpc) is 2.94. The van der Waals surface area contributed by atoms with Gasteiger partial charge >= 0.3 is 0 Å². The molecule has 0 spiro atoms. The van der Waals surface area contributed by atoms with Gasteiger partial charge in [-0.2, -0.15) is 0 Å². The Kier molecular flexibility index (Phi) is 3.66. The number of carbonyl (C=O) groups excluding carboxylic acids is 1. The first-order valence-electron chi connectivity index (χ1n) is 6.70. The highest BCUT2D eigenvalue weighted by molar-refractivity contribution is 5.95. The molecule has 4 nitrogen and oxygen atoms in total. The molecule has 0 bridgehead atoms. The molecule has 1 heterocycles. The van der Waals surface area contributed by atoms with Crippen LogP contribution >= 0.6 is 0 Å². The number of halogens is 2. The normalized spacial score (nSPS) is 13.8. The van der Waals surface area contributed by atoms with E-state index in [0.717, 1.165) is 12.1 Å². The van der Waals surface area contributed by atoms with Gasteiger partial charge in [0.25, 0.3) is 5.91 Å². The third-order valence-corrected chi connectivity index (χ3v) is 3.41. The molecule has 0 saturated carbocycles. The molecule has 1 atom stereocenters. The zero-order valence-corrected chi connectivity index (χ0v) is 11.7. The monoisotopic (exact) mass is 305 g/mol. The maximum atomic E-state index is 13.7. The maximum Gasteiger partial charge on any atom is 0.251 e. The van der Waals surface area contributed by atoms with Crippen LogP contribution in [0.5, 0.6) is 11.5 Å². The van der Waals surface area contributed by atoms with Crippen molar-refractivity contribution in [2.24, 2.45) is 0 Å². The molecule has 22 heavy (non-hydrogen) atoms. The van der Waals surface area contributed by atoms with Gasteiger partial charge in [-0.05, 0) is 31.2 Å². The van der Waals surface area contributed by atoms with Crippen LogP contribution in [0, 0.1) is 11.6 Å². The van der Waals surface area contributed by atoms with E-state index >= 15 is 0 Å². The highest BCUT2D eigenvalue weighted by atomic mass is 19.1. The van der Waals surface area contributed by atoms with E-state index in [4.69, 9.17) is 9.47 Å². The Morgan fingerprint density at radius 3 is 2.68 bits per heavy atom. The summed E-state index contributed by atoms with van der Waals surface area (Å²) in [6.07, 6.45) is 0. The molecule has 1 unspecified atom stereocenters. The highest BCUT2D eigenvalue weighted by Gasteiger charge is 2.19. The van der Waals surface area contributed by atoms with Gasteiger partial charge in [0.2, 0.25) is 6.79 Å². The molecule has 1 aliphatic rings. The van der Waals surface area contributed by atoms with E-state index in [1.165, 1.54) is 6.07 Å². The number of nitrogens with one attached hydrogen (secondary N) is 1. The minimum Gasteiger partial charge on any atom is -0.454 e. The molecule has 2 aromatic rings. The Labute approximate surface area is 125 Å². The minimum absolute atomic E-state index is 0.123. The van der Waals surface area contributed by atoms with Crippen molar-refractivity contribution in [1.29, 1.82) is 0 Å². The molecule has 1 amide bonds. The third-order valence-electron chi connectivity index (χ3n) is 3.41.